The van der Waals surface area contributed by atoms with E-state index in [-0.39, 0.29) is 0 Å². The van der Waals surface area contributed by atoms with E-state index >= 15 is 0 Å². The second-order valence-corrected chi connectivity index (χ2v) is 15.5. The van der Waals surface area contributed by atoms with Crippen molar-refractivity contribution in [2.45, 2.75) is 0 Å². The number of hydrogen-bond donors (Lipinski definition) is 0. The lowest BCUT2D eigenvalue weighted by molar-refractivity contribution is 0.669. The smallest absolute Gasteiger partial charge is 0.164 e. The molecule has 4 heterocycles. The van der Waals surface area contributed by atoms with Gasteiger partial charge in [0.25, 0.3) is 0 Å². The van der Waals surface area contributed by atoms with Crippen molar-refractivity contribution < 1.29 is 4.42 Å². The number of nitrogens with zero attached hydrogens (tertiary/aromatic N) is 4. The summed E-state index contributed by atoms with van der Waals surface area (Å²) in [4.78, 5) is 15.3. The fourth-order valence-electron chi connectivity index (χ4n) is 8.41. The van der Waals surface area contributed by atoms with Gasteiger partial charge in [0.05, 0.1) is 11.0 Å². The molecule has 5 nitrogen and oxygen atoms in total. The van der Waals surface area contributed by atoms with Crippen molar-refractivity contribution in [3.63, 3.8) is 0 Å². The van der Waals surface area contributed by atoms with Crippen LogP contribution in [0.25, 0.3) is 115 Å². The Kier molecular flexibility index (Phi) is 7.03. The number of fused-ring (bicyclic) bond motifs is 9. The minimum Gasteiger partial charge on any atom is -0.456 e. The summed E-state index contributed by atoms with van der Waals surface area (Å²) in [6.45, 7) is 0. The third-order valence-electron chi connectivity index (χ3n) is 11.1. The molecule has 0 aliphatic rings. The van der Waals surface area contributed by atoms with E-state index in [9.17, 15) is 0 Å². The second kappa shape index (κ2) is 12.6. The van der Waals surface area contributed by atoms with Crippen molar-refractivity contribution in [3.05, 3.63) is 182 Å². The van der Waals surface area contributed by atoms with Crippen molar-refractivity contribution in [1.82, 2.24) is 19.5 Å². The third kappa shape index (κ3) is 5.12. The highest BCUT2D eigenvalue weighted by Crippen LogP contribution is 2.42. The average Bonchev–Trinajstić information content (AvgIpc) is 3.95. The van der Waals surface area contributed by atoms with E-state index in [1.165, 1.54) is 42.1 Å². The van der Waals surface area contributed by atoms with Gasteiger partial charge in [-0.1, -0.05) is 121 Å². The summed E-state index contributed by atoms with van der Waals surface area (Å²) >= 11 is 1.84. The van der Waals surface area contributed by atoms with Crippen LogP contribution in [0.3, 0.4) is 0 Å². The van der Waals surface area contributed by atoms with Crippen LogP contribution in [0.15, 0.2) is 186 Å². The molecule has 0 atom stereocenters. The van der Waals surface area contributed by atoms with Crippen LogP contribution in [0.1, 0.15) is 0 Å². The number of thiophene rings is 1. The number of aromatic nitrogens is 4. The van der Waals surface area contributed by atoms with Gasteiger partial charge in [-0.15, -0.1) is 11.3 Å². The molecule has 0 spiro atoms. The van der Waals surface area contributed by atoms with Gasteiger partial charge in [0.2, 0.25) is 0 Å². The Bertz CT molecular complexity index is 3530. The van der Waals surface area contributed by atoms with Gasteiger partial charge >= 0.3 is 0 Å². The first-order chi connectivity index (χ1) is 28.2. The van der Waals surface area contributed by atoms with Crippen molar-refractivity contribution in [3.8, 4) is 51.0 Å². The van der Waals surface area contributed by atoms with E-state index in [4.69, 9.17) is 19.4 Å². The summed E-state index contributed by atoms with van der Waals surface area (Å²) in [5.74, 6) is 1.81. The first-order valence-corrected chi connectivity index (χ1v) is 19.8. The summed E-state index contributed by atoms with van der Waals surface area (Å²) < 4.78 is 11.4. The Balaban J connectivity index is 1.01. The van der Waals surface area contributed by atoms with Gasteiger partial charge in [-0.05, 0) is 71.8 Å². The Morgan fingerprint density at radius 1 is 0.386 bits per heavy atom. The Morgan fingerprint density at radius 3 is 1.84 bits per heavy atom. The van der Waals surface area contributed by atoms with Crippen LogP contribution >= 0.6 is 11.3 Å². The molecule has 0 saturated heterocycles. The molecule has 0 radical (unpaired) electrons. The first kappa shape index (κ1) is 31.9. The molecule has 0 bridgehead atoms. The van der Waals surface area contributed by atoms with Crippen LogP contribution < -0.4 is 0 Å². The predicted molar refractivity (Wildman–Crippen MR) is 236 cm³/mol. The summed E-state index contributed by atoms with van der Waals surface area (Å²) in [5, 5.41) is 7.10. The quantitative estimate of drug-likeness (QED) is 0.176. The van der Waals surface area contributed by atoms with Gasteiger partial charge in [-0.3, -0.25) is 0 Å². The standard InChI is InChI=1S/C51H30N4OS/c1-3-12-31(13-4-1)49-52-50(33-22-25-38-37-16-7-9-19-42(37)55(43(38)29-33)35-14-5-2-6-15-35)54-51(53-49)34-23-26-39-41-28-32(24-27-44(41)56-45(39)30-34)36-18-11-21-47-48(36)40-17-8-10-20-46(40)57-47/h1-30H. The van der Waals surface area contributed by atoms with Crippen LogP contribution in [0.5, 0.6) is 0 Å². The highest BCUT2D eigenvalue weighted by atomic mass is 32.1. The van der Waals surface area contributed by atoms with E-state index in [1.807, 2.05) is 47.7 Å². The highest BCUT2D eigenvalue weighted by Gasteiger charge is 2.18. The molecule has 12 rings (SSSR count). The normalized spacial score (nSPS) is 11.9. The second-order valence-electron chi connectivity index (χ2n) is 14.4. The number of hydrogen-bond acceptors (Lipinski definition) is 5. The molecule has 0 aliphatic carbocycles. The summed E-state index contributed by atoms with van der Waals surface area (Å²) in [7, 11) is 0. The zero-order chi connectivity index (χ0) is 37.5. The molecule has 0 aliphatic heterocycles. The highest BCUT2D eigenvalue weighted by molar-refractivity contribution is 7.25. The fourth-order valence-corrected chi connectivity index (χ4v) is 9.55. The molecule has 0 fully saturated rings. The summed E-state index contributed by atoms with van der Waals surface area (Å²) in [6.07, 6.45) is 0. The van der Waals surface area contributed by atoms with Gasteiger partial charge in [-0.25, -0.2) is 15.0 Å². The van der Waals surface area contributed by atoms with Gasteiger partial charge in [-0.2, -0.15) is 0 Å². The predicted octanol–water partition coefficient (Wildman–Crippen LogP) is 13.9. The van der Waals surface area contributed by atoms with Gasteiger partial charge in [0.15, 0.2) is 17.5 Å². The van der Waals surface area contributed by atoms with Crippen LogP contribution in [0.2, 0.25) is 0 Å². The van der Waals surface area contributed by atoms with Crippen LogP contribution in [-0.2, 0) is 0 Å². The molecule has 0 N–H and O–H groups in total. The first-order valence-electron chi connectivity index (χ1n) is 19.0. The molecule has 6 heteroatoms. The largest absolute Gasteiger partial charge is 0.456 e. The molecule has 0 unspecified atom stereocenters. The van der Waals surface area contributed by atoms with E-state index in [0.29, 0.717) is 17.5 Å². The molecular weight excluding hydrogens is 717 g/mol. The van der Waals surface area contributed by atoms with Gasteiger partial charge in [0.1, 0.15) is 11.2 Å². The van der Waals surface area contributed by atoms with Crippen molar-refractivity contribution >= 4 is 75.3 Å². The maximum atomic E-state index is 6.54. The maximum absolute atomic E-state index is 6.54. The minimum absolute atomic E-state index is 0.585. The number of benzene rings is 8. The lowest BCUT2D eigenvalue weighted by Gasteiger charge is -2.10. The molecule has 57 heavy (non-hydrogen) atoms. The molecule has 4 aromatic heterocycles. The Labute approximate surface area is 330 Å². The number of furan rings is 1. The molecular formula is C51H30N4OS. The zero-order valence-electron chi connectivity index (χ0n) is 30.4. The summed E-state index contributed by atoms with van der Waals surface area (Å²) in [5.41, 5.74) is 10.1. The Morgan fingerprint density at radius 2 is 1.02 bits per heavy atom. The molecule has 8 aromatic carbocycles. The topological polar surface area (TPSA) is 56.7 Å². The molecule has 12 aromatic rings. The summed E-state index contributed by atoms with van der Waals surface area (Å²) in [6, 6.07) is 63.8. The van der Waals surface area contributed by atoms with Gasteiger partial charge in [0, 0.05) is 64.1 Å². The molecule has 0 amide bonds. The van der Waals surface area contributed by atoms with E-state index in [1.54, 1.807) is 0 Å². The number of para-hydroxylation sites is 2. The lowest BCUT2D eigenvalue weighted by Crippen LogP contribution is -2.00. The van der Waals surface area contributed by atoms with E-state index in [2.05, 4.69) is 150 Å². The Hall–Kier alpha value is -7.41. The lowest BCUT2D eigenvalue weighted by atomic mass is 9.98. The van der Waals surface area contributed by atoms with Crippen LogP contribution in [0.4, 0.5) is 0 Å². The fraction of sp³-hybridized carbons (Fsp3) is 0. The van der Waals surface area contributed by atoms with Crippen molar-refractivity contribution in [1.29, 1.82) is 0 Å². The SMILES string of the molecule is c1ccc(-c2nc(-c3ccc4c(c3)oc3ccc(-c5cccc6sc7ccccc7c56)cc34)nc(-c3ccc4c5ccccc5n(-c5ccccc5)c4c3)n2)cc1. The maximum Gasteiger partial charge on any atom is 0.164 e. The molecule has 266 valence electrons. The van der Waals surface area contributed by atoms with E-state index < -0.39 is 0 Å². The minimum atomic E-state index is 0.585. The van der Waals surface area contributed by atoms with Crippen molar-refractivity contribution in [2.75, 3.05) is 0 Å². The van der Waals surface area contributed by atoms with Crippen LogP contribution in [0, 0.1) is 0 Å². The third-order valence-corrected chi connectivity index (χ3v) is 12.2. The van der Waals surface area contributed by atoms with Gasteiger partial charge < -0.3 is 8.98 Å². The average molecular weight is 747 g/mol. The number of rotatable bonds is 5. The van der Waals surface area contributed by atoms with Crippen molar-refractivity contribution in [2.24, 2.45) is 0 Å². The van der Waals surface area contributed by atoms with Crippen LogP contribution in [-0.4, -0.2) is 19.5 Å². The zero-order valence-corrected chi connectivity index (χ0v) is 31.2. The molecule has 0 saturated carbocycles. The van der Waals surface area contributed by atoms with E-state index in [0.717, 1.165) is 55.3 Å². The monoisotopic (exact) mass is 746 g/mol.